The summed E-state index contributed by atoms with van der Waals surface area (Å²) in [5.41, 5.74) is 1.52. The Bertz CT molecular complexity index is 1220. The molecule has 2 heterocycles. The molecule has 0 unspecified atom stereocenters. The van der Waals surface area contributed by atoms with E-state index in [4.69, 9.17) is 17.0 Å². The Morgan fingerprint density at radius 2 is 1.75 bits per heavy atom. The van der Waals surface area contributed by atoms with Gasteiger partial charge in [-0.3, -0.25) is 9.69 Å². The predicted molar refractivity (Wildman–Crippen MR) is 145 cm³/mol. The van der Waals surface area contributed by atoms with Gasteiger partial charge < -0.3 is 19.9 Å². The van der Waals surface area contributed by atoms with E-state index in [1.807, 2.05) is 41.3 Å². The summed E-state index contributed by atoms with van der Waals surface area (Å²) < 4.78 is 19.2. The second-order valence-corrected chi connectivity index (χ2v) is 9.77. The number of hydrogen-bond donors (Lipinski definition) is 1. The van der Waals surface area contributed by atoms with Crippen LogP contribution < -0.4 is 5.32 Å². The molecule has 188 valence electrons. The maximum Gasteiger partial charge on any atom is 0.253 e. The molecule has 2 saturated heterocycles. The van der Waals surface area contributed by atoms with Gasteiger partial charge in [0, 0.05) is 50.5 Å². The first-order valence-electron chi connectivity index (χ1n) is 12.5. The first-order valence-corrected chi connectivity index (χ1v) is 12.9. The second kappa shape index (κ2) is 11.3. The second-order valence-electron chi connectivity index (χ2n) is 9.38. The van der Waals surface area contributed by atoms with Crippen LogP contribution in [0.15, 0.2) is 66.7 Å². The number of carbonyl (C=O) groups excluding carboxylic acids is 1. The van der Waals surface area contributed by atoms with Crippen molar-refractivity contribution in [3.05, 3.63) is 78.1 Å². The number of anilines is 1. The minimum Gasteiger partial charge on any atom is -0.373 e. The van der Waals surface area contributed by atoms with Crippen LogP contribution in [0.2, 0.25) is 0 Å². The first kappa shape index (κ1) is 24.6. The van der Waals surface area contributed by atoms with Gasteiger partial charge in [-0.25, -0.2) is 4.39 Å². The highest BCUT2D eigenvalue weighted by molar-refractivity contribution is 7.80. The Balaban J connectivity index is 1.13. The van der Waals surface area contributed by atoms with Gasteiger partial charge in [0.2, 0.25) is 0 Å². The minimum absolute atomic E-state index is 0.0365. The van der Waals surface area contributed by atoms with Crippen molar-refractivity contribution < 1.29 is 13.9 Å². The molecule has 0 radical (unpaired) electrons. The third kappa shape index (κ3) is 6.00. The molecular formula is C28H31FN4O2S. The molecule has 0 spiro atoms. The maximum absolute atomic E-state index is 13.2. The summed E-state index contributed by atoms with van der Waals surface area (Å²) in [6.07, 6.45) is 0.967. The number of halogens is 1. The third-order valence-electron chi connectivity index (χ3n) is 6.86. The molecule has 1 N–H and O–H groups in total. The molecule has 1 atom stereocenters. The van der Waals surface area contributed by atoms with Crippen molar-refractivity contribution in [2.24, 2.45) is 0 Å². The zero-order valence-corrected chi connectivity index (χ0v) is 21.1. The molecular weight excluding hydrogens is 475 g/mol. The number of nitrogens with zero attached hydrogens (tertiary/aromatic N) is 3. The van der Waals surface area contributed by atoms with E-state index >= 15 is 0 Å². The van der Waals surface area contributed by atoms with E-state index in [0.29, 0.717) is 24.8 Å². The van der Waals surface area contributed by atoms with Crippen molar-refractivity contribution in [2.75, 3.05) is 57.7 Å². The van der Waals surface area contributed by atoms with Gasteiger partial charge in [0.1, 0.15) is 5.82 Å². The van der Waals surface area contributed by atoms with Crippen molar-refractivity contribution in [3.63, 3.8) is 0 Å². The quantitative estimate of drug-likeness (QED) is 0.535. The van der Waals surface area contributed by atoms with Gasteiger partial charge in [-0.15, -0.1) is 0 Å². The largest absolute Gasteiger partial charge is 0.373 e. The molecule has 0 saturated carbocycles. The van der Waals surface area contributed by atoms with Crippen LogP contribution in [-0.4, -0.2) is 84.2 Å². The molecule has 2 fully saturated rings. The van der Waals surface area contributed by atoms with Gasteiger partial charge in [-0.1, -0.05) is 30.3 Å². The van der Waals surface area contributed by atoms with Crippen LogP contribution >= 0.6 is 12.2 Å². The lowest BCUT2D eigenvalue weighted by atomic mass is 10.1. The van der Waals surface area contributed by atoms with E-state index in [-0.39, 0.29) is 17.8 Å². The minimum atomic E-state index is -0.270. The molecule has 0 bridgehead atoms. The van der Waals surface area contributed by atoms with Gasteiger partial charge >= 0.3 is 0 Å². The Labute approximate surface area is 216 Å². The number of benzene rings is 3. The molecule has 3 aromatic rings. The molecule has 5 rings (SSSR count). The summed E-state index contributed by atoms with van der Waals surface area (Å²) in [6.45, 7) is 6.03. The topological polar surface area (TPSA) is 48.1 Å². The molecule has 2 aliphatic rings. The SMILES string of the molecule is O=C(c1ccc2ccccc2c1)N1CCCN(C[C@H]2CN(C(=S)Nc3ccc(F)cc3)CCO2)CC1. The van der Waals surface area contributed by atoms with E-state index in [1.54, 1.807) is 12.1 Å². The number of morpholine rings is 1. The van der Waals surface area contributed by atoms with Gasteiger partial charge in [-0.2, -0.15) is 0 Å². The van der Waals surface area contributed by atoms with Crippen LogP contribution in [0.5, 0.6) is 0 Å². The van der Waals surface area contributed by atoms with E-state index in [9.17, 15) is 9.18 Å². The summed E-state index contributed by atoms with van der Waals surface area (Å²) in [6, 6.07) is 20.3. The number of fused-ring (bicyclic) bond motifs is 1. The molecule has 3 aromatic carbocycles. The van der Waals surface area contributed by atoms with Crippen molar-refractivity contribution in [1.29, 1.82) is 0 Å². The Morgan fingerprint density at radius 1 is 0.944 bits per heavy atom. The van der Waals surface area contributed by atoms with Gasteiger partial charge in [0.05, 0.1) is 12.7 Å². The zero-order chi connectivity index (χ0) is 24.9. The molecule has 0 aromatic heterocycles. The molecule has 36 heavy (non-hydrogen) atoms. The Morgan fingerprint density at radius 3 is 2.58 bits per heavy atom. The van der Waals surface area contributed by atoms with Crippen LogP contribution in [-0.2, 0) is 4.74 Å². The van der Waals surface area contributed by atoms with E-state index in [0.717, 1.165) is 61.2 Å². The van der Waals surface area contributed by atoms with E-state index < -0.39 is 0 Å². The Hall–Kier alpha value is -3.07. The van der Waals surface area contributed by atoms with Gasteiger partial charge in [0.15, 0.2) is 5.11 Å². The number of rotatable bonds is 4. The Kier molecular flexibility index (Phi) is 7.75. The van der Waals surface area contributed by atoms with Crippen LogP contribution in [0.3, 0.4) is 0 Å². The standard InChI is InChI=1S/C28H31FN4O2S/c29-24-8-10-25(11-9-24)30-28(36)33-16-17-35-26(20-33)19-31-12-3-13-32(15-14-31)27(34)23-7-6-21-4-1-2-5-22(21)18-23/h1-2,4-11,18,26H,3,12-17,19-20H2,(H,30,36)/t26-/m0/s1. The van der Waals surface area contributed by atoms with Gasteiger partial charge in [-0.05, 0) is 72.4 Å². The smallest absolute Gasteiger partial charge is 0.253 e. The van der Waals surface area contributed by atoms with Crippen LogP contribution in [0, 0.1) is 5.82 Å². The number of amides is 1. The third-order valence-corrected chi connectivity index (χ3v) is 7.22. The lowest BCUT2D eigenvalue weighted by Gasteiger charge is -2.36. The summed E-state index contributed by atoms with van der Waals surface area (Å²) in [7, 11) is 0. The first-order chi connectivity index (χ1) is 17.5. The molecule has 2 aliphatic heterocycles. The fourth-order valence-corrected chi connectivity index (χ4v) is 5.18. The summed E-state index contributed by atoms with van der Waals surface area (Å²) in [5, 5.41) is 6.05. The van der Waals surface area contributed by atoms with Crippen molar-refractivity contribution >= 4 is 39.7 Å². The normalized spacial score (nSPS) is 19.2. The number of nitrogens with one attached hydrogen (secondary N) is 1. The predicted octanol–water partition coefficient (Wildman–Crippen LogP) is 4.22. The number of ether oxygens (including phenoxy) is 1. The van der Waals surface area contributed by atoms with Crippen molar-refractivity contribution in [3.8, 4) is 0 Å². The highest BCUT2D eigenvalue weighted by Crippen LogP contribution is 2.18. The number of carbonyl (C=O) groups is 1. The van der Waals surface area contributed by atoms with Crippen LogP contribution in [0.25, 0.3) is 10.8 Å². The van der Waals surface area contributed by atoms with Gasteiger partial charge in [0.25, 0.3) is 5.91 Å². The van der Waals surface area contributed by atoms with Crippen molar-refractivity contribution in [2.45, 2.75) is 12.5 Å². The maximum atomic E-state index is 13.2. The van der Waals surface area contributed by atoms with Crippen LogP contribution in [0.1, 0.15) is 16.8 Å². The summed E-state index contributed by atoms with van der Waals surface area (Å²) in [5.74, 6) is -0.173. The zero-order valence-electron chi connectivity index (χ0n) is 20.2. The van der Waals surface area contributed by atoms with E-state index in [2.05, 4.69) is 21.2 Å². The lowest BCUT2D eigenvalue weighted by Crippen LogP contribution is -2.51. The molecule has 6 nitrogen and oxygen atoms in total. The highest BCUT2D eigenvalue weighted by atomic mass is 32.1. The molecule has 0 aliphatic carbocycles. The summed E-state index contributed by atoms with van der Waals surface area (Å²) >= 11 is 5.60. The summed E-state index contributed by atoms with van der Waals surface area (Å²) in [4.78, 5) is 19.7. The monoisotopic (exact) mass is 506 g/mol. The average molecular weight is 507 g/mol. The number of hydrogen-bond acceptors (Lipinski definition) is 4. The molecule has 1 amide bonds. The highest BCUT2D eigenvalue weighted by Gasteiger charge is 2.26. The van der Waals surface area contributed by atoms with E-state index in [1.165, 1.54) is 12.1 Å². The fourth-order valence-electron chi connectivity index (χ4n) is 4.90. The van der Waals surface area contributed by atoms with Crippen LogP contribution in [0.4, 0.5) is 10.1 Å². The average Bonchev–Trinajstić information content (AvgIpc) is 3.15. The lowest BCUT2D eigenvalue weighted by molar-refractivity contribution is -0.0224. The fraction of sp³-hybridized carbons (Fsp3) is 0.357. The number of thiocarbonyl (C=S) groups is 1. The van der Waals surface area contributed by atoms with Crippen molar-refractivity contribution in [1.82, 2.24) is 14.7 Å². The molecule has 8 heteroatoms.